The number of hydrogen-bond acceptors (Lipinski definition) is 5. The van der Waals surface area contributed by atoms with Gasteiger partial charge in [0, 0.05) is 17.1 Å². The van der Waals surface area contributed by atoms with E-state index in [1.54, 1.807) is 48.5 Å². The molecule has 0 saturated carbocycles. The molecule has 1 unspecified atom stereocenters. The Morgan fingerprint density at radius 1 is 1.00 bits per heavy atom. The zero-order valence-corrected chi connectivity index (χ0v) is 22.0. The lowest BCUT2D eigenvalue weighted by Gasteiger charge is -2.28. The summed E-state index contributed by atoms with van der Waals surface area (Å²) in [6.45, 7) is 4.20. The Labute approximate surface area is 221 Å². The molecule has 1 aliphatic heterocycles. The summed E-state index contributed by atoms with van der Waals surface area (Å²) in [5, 5.41) is 0.463. The molecule has 0 aliphatic carbocycles. The fraction of sp³-hybridized carbons (Fsp3) is 0.276. The van der Waals surface area contributed by atoms with Crippen molar-refractivity contribution in [2.24, 2.45) is 0 Å². The minimum Gasteiger partial charge on any atom is -0.493 e. The van der Waals surface area contributed by atoms with Crippen LogP contribution in [0.4, 0.5) is 5.69 Å². The van der Waals surface area contributed by atoms with Crippen LogP contribution in [-0.4, -0.2) is 42.9 Å². The number of halogens is 1. The lowest BCUT2D eigenvalue weighted by atomic mass is 10.0. The zero-order valence-electron chi connectivity index (χ0n) is 21.2. The van der Waals surface area contributed by atoms with Crippen molar-refractivity contribution < 1.29 is 23.9 Å². The molecule has 37 heavy (non-hydrogen) atoms. The van der Waals surface area contributed by atoms with Gasteiger partial charge in [0.25, 0.3) is 11.8 Å². The Bertz CT molecular complexity index is 1320. The Morgan fingerprint density at radius 2 is 1.68 bits per heavy atom. The minimum atomic E-state index is -0.992. The largest absolute Gasteiger partial charge is 0.493 e. The lowest BCUT2D eigenvalue weighted by molar-refractivity contribution is -0.122. The van der Waals surface area contributed by atoms with Crippen molar-refractivity contribution in [2.75, 3.05) is 19.1 Å². The molecule has 1 atom stereocenters. The lowest BCUT2D eigenvalue weighted by Crippen LogP contribution is -2.45. The second-order valence-electron chi connectivity index (χ2n) is 9.13. The van der Waals surface area contributed by atoms with E-state index in [2.05, 4.69) is 13.8 Å². The maximum atomic E-state index is 13.8. The number of rotatable bonds is 8. The molecule has 1 saturated heterocycles. The van der Waals surface area contributed by atoms with Crippen LogP contribution < -0.4 is 14.4 Å². The monoisotopic (exact) mass is 520 g/mol. The number of anilines is 1. The van der Waals surface area contributed by atoms with Gasteiger partial charge in [-0.1, -0.05) is 55.8 Å². The fourth-order valence-electron chi connectivity index (χ4n) is 4.41. The molecule has 0 spiro atoms. The molecule has 1 heterocycles. The van der Waals surface area contributed by atoms with E-state index in [4.69, 9.17) is 21.1 Å². The summed E-state index contributed by atoms with van der Waals surface area (Å²) in [6, 6.07) is 18.3. The molecule has 3 amide bonds. The highest BCUT2D eigenvalue weighted by atomic mass is 35.5. The van der Waals surface area contributed by atoms with Gasteiger partial charge in [-0.3, -0.25) is 14.4 Å². The van der Waals surface area contributed by atoms with Crippen molar-refractivity contribution in [1.82, 2.24) is 4.90 Å². The highest BCUT2D eigenvalue weighted by Crippen LogP contribution is 2.32. The van der Waals surface area contributed by atoms with Crippen LogP contribution in [0.2, 0.25) is 5.02 Å². The highest BCUT2D eigenvalue weighted by molar-refractivity contribution is 6.31. The van der Waals surface area contributed by atoms with E-state index >= 15 is 0 Å². The number of methoxy groups -OCH3 is 2. The maximum Gasteiger partial charge on any atom is 0.257 e. The third-order valence-corrected chi connectivity index (χ3v) is 6.88. The van der Waals surface area contributed by atoms with Crippen LogP contribution in [0.5, 0.6) is 11.5 Å². The van der Waals surface area contributed by atoms with Gasteiger partial charge >= 0.3 is 0 Å². The van der Waals surface area contributed by atoms with E-state index in [1.807, 2.05) is 18.2 Å². The second-order valence-corrected chi connectivity index (χ2v) is 9.53. The van der Waals surface area contributed by atoms with Gasteiger partial charge in [-0.05, 0) is 53.4 Å². The van der Waals surface area contributed by atoms with Gasteiger partial charge in [-0.15, -0.1) is 0 Å². The van der Waals surface area contributed by atoms with E-state index < -0.39 is 17.9 Å². The van der Waals surface area contributed by atoms with Gasteiger partial charge in [0.05, 0.1) is 26.3 Å². The van der Waals surface area contributed by atoms with Crippen LogP contribution in [0, 0.1) is 0 Å². The molecule has 0 radical (unpaired) electrons. The first-order valence-corrected chi connectivity index (χ1v) is 12.4. The Balaban J connectivity index is 1.71. The Morgan fingerprint density at radius 3 is 2.30 bits per heavy atom. The van der Waals surface area contributed by atoms with E-state index in [-0.39, 0.29) is 18.9 Å². The van der Waals surface area contributed by atoms with Crippen LogP contribution in [0.25, 0.3) is 0 Å². The highest BCUT2D eigenvalue weighted by Gasteiger charge is 2.44. The minimum absolute atomic E-state index is 0.0522. The molecule has 192 valence electrons. The molecule has 1 fully saturated rings. The van der Waals surface area contributed by atoms with Crippen LogP contribution in [0.1, 0.15) is 47.7 Å². The maximum absolute atomic E-state index is 13.8. The number of amides is 3. The van der Waals surface area contributed by atoms with Gasteiger partial charge < -0.3 is 14.4 Å². The topological polar surface area (TPSA) is 76.2 Å². The van der Waals surface area contributed by atoms with Gasteiger partial charge in [-0.2, -0.15) is 0 Å². The van der Waals surface area contributed by atoms with Gasteiger partial charge in [0.15, 0.2) is 11.5 Å². The molecule has 0 N–H and O–H groups in total. The quantitative estimate of drug-likeness (QED) is 0.369. The molecule has 3 aromatic carbocycles. The van der Waals surface area contributed by atoms with Crippen molar-refractivity contribution in [3.63, 3.8) is 0 Å². The smallest absolute Gasteiger partial charge is 0.257 e. The zero-order chi connectivity index (χ0) is 26.7. The number of nitrogens with zero attached hydrogens (tertiary/aromatic N) is 2. The number of ether oxygens (including phenoxy) is 2. The standard InChI is InChI=1S/C29H29ClN2O5/c1-18(2)19-9-12-22(13-10-19)32-27(33)16-24(29(32)35)31(17-21-7-5-6-8-23(21)30)28(34)20-11-14-25(36-3)26(15-20)37-4/h5-15,18,24H,16-17H2,1-4H3. The molecule has 8 heteroatoms. The van der Waals surface area contributed by atoms with Crippen molar-refractivity contribution >= 4 is 35.0 Å². The number of carbonyl (C=O) groups excluding carboxylic acids is 3. The van der Waals surface area contributed by atoms with Crippen molar-refractivity contribution in [3.8, 4) is 11.5 Å². The van der Waals surface area contributed by atoms with Crippen LogP contribution >= 0.6 is 11.6 Å². The van der Waals surface area contributed by atoms with Gasteiger partial charge in [-0.25, -0.2) is 4.90 Å². The second kappa shape index (κ2) is 11.0. The number of hydrogen-bond donors (Lipinski definition) is 0. The molecule has 1 aliphatic rings. The van der Waals surface area contributed by atoms with Crippen LogP contribution in [0.15, 0.2) is 66.7 Å². The van der Waals surface area contributed by atoms with Gasteiger partial charge in [0.1, 0.15) is 6.04 Å². The van der Waals surface area contributed by atoms with E-state index in [1.165, 1.54) is 19.1 Å². The predicted octanol–water partition coefficient (Wildman–Crippen LogP) is 5.46. The van der Waals surface area contributed by atoms with Gasteiger partial charge in [0.2, 0.25) is 5.91 Å². The summed E-state index contributed by atoms with van der Waals surface area (Å²) >= 11 is 6.41. The average molecular weight is 521 g/mol. The molecule has 3 aromatic rings. The Kier molecular flexibility index (Phi) is 7.83. The molecular formula is C29H29ClN2O5. The summed E-state index contributed by atoms with van der Waals surface area (Å²) in [5.41, 5.74) is 2.55. The Hall–Kier alpha value is -3.84. The molecular weight excluding hydrogens is 492 g/mol. The molecule has 0 bridgehead atoms. The molecule has 4 rings (SSSR count). The van der Waals surface area contributed by atoms with E-state index in [0.29, 0.717) is 39.3 Å². The SMILES string of the molecule is COc1ccc(C(=O)N(Cc2ccccc2Cl)C2CC(=O)N(c3ccc(C(C)C)cc3)C2=O)cc1OC. The van der Waals surface area contributed by atoms with Crippen molar-refractivity contribution in [1.29, 1.82) is 0 Å². The van der Waals surface area contributed by atoms with Crippen molar-refractivity contribution in [2.45, 2.75) is 38.8 Å². The summed E-state index contributed by atoms with van der Waals surface area (Å²) in [7, 11) is 2.99. The summed E-state index contributed by atoms with van der Waals surface area (Å²) in [5.74, 6) is -0.0765. The van der Waals surface area contributed by atoms with Crippen molar-refractivity contribution in [3.05, 3.63) is 88.4 Å². The fourth-order valence-corrected chi connectivity index (χ4v) is 4.60. The number of carbonyl (C=O) groups is 3. The molecule has 0 aromatic heterocycles. The first kappa shape index (κ1) is 26.2. The molecule has 7 nitrogen and oxygen atoms in total. The van der Waals surface area contributed by atoms with E-state index in [9.17, 15) is 14.4 Å². The average Bonchev–Trinajstić information content (AvgIpc) is 3.20. The summed E-state index contributed by atoms with van der Waals surface area (Å²) < 4.78 is 10.7. The van der Waals surface area contributed by atoms with E-state index in [0.717, 1.165) is 10.5 Å². The normalized spacial score (nSPS) is 15.3. The number of imide groups is 1. The van der Waals surface area contributed by atoms with Crippen LogP contribution in [0.3, 0.4) is 0 Å². The predicted molar refractivity (Wildman–Crippen MR) is 142 cm³/mol. The third-order valence-electron chi connectivity index (χ3n) is 6.51. The number of benzene rings is 3. The third kappa shape index (κ3) is 5.32. The van der Waals surface area contributed by atoms with Crippen LogP contribution in [-0.2, 0) is 16.1 Å². The first-order chi connectivity index (χ1) is 17.7. The summed E-state index contributed by atoms with van der Waals surface area (Å²) in [4.78, 5) is 43.1. The first-order valence-electron chi connectivity index (χ1n) is 12.0. The summed E-state index contributed by atoms with van der Waals surface area (Å²) in [6.07, 6.45) is -0.131.